The number of hydrogen-bond acceptors (Lipinski definition) is 10. The van der Waals surface area contributed by atoms with Gasteiger partial charge in [-0.05, 0) is 65.0 Å². The highest BCUT2D eigenvalue weighted by Gasteiger charge is 2.62. The molecule has 17 heteroatoms. The van der Waals surface area contributed by atoms with E-state index in [1.165, 1.54) is 30.0 Å². The van der Waals surface area contributed by atoms with Gasteiger partial charge in [-0.3, -0.25) is 24.0 Å². The smallest absolute Gasteiger partial charge is 0.410 e. The van der Waals surface area contributed by atoms with Gasteiger partial charge in [0.2, 0.25) is 21.8 Å². The lowest BCUT2D eigenvalue weighted by molar-refractivity contribution is -0.141. The predicted octanol–water partition coefficient (Wildman–Crippen LogP) is 2.18. The third-order valence-electron chi connectivity index (χ3n) is 9.32. The minimum atomic E-state index is -3.96. The Morgan fingerprint density at radius 1 is 1.14 bits per heavy atom. The summed E-state index contributed by atoms with van der Waals surface area (Å²) >= 11 is 0. The fourth-order valence-corrected chi connectivity index (χ4v) is 7.74. The molecule has 0 aromatic heterocycles. The first-order chi connectivity index (χ1) is 23.8. The molecule has 1 aromatic rings. The van der Waals surface area contributed by atoms with Crippen molar-refractivity contribution in [3.05, 3.63) is 47.8 Å². The first-order valence-corrected chi connectivity index (χ1v) is 18.4. The zero-order chi connectivity index (χ0) is 37.5. The molecule has 1 aromatic carbocycles. The quantitative estimate of drug-likeness (QED) is 0.268. The van der Waals surface area contributed by atoms with Crippen molar-refractivity contribution in [2.45, 2.75) is 114 Å². The molecule has 2 aliphatic carbocycles. The summed E-state index contributed by atoms with van der Waals surface area (Å²) in [5.74, 6) is -3.87. The van der Waals surface area contributed by atoms with Crippen LogP contribution in [0.1, 0.15) is 77.3 Å². The highest BCUT2D eigenvalue weighted by molar-refractivity contribution is 7.91. The fourth-order valence-electron chi connectivity index (χ4n) is 6.38. The zero-order valence-electron chi connectivity index (χ0n) is 29.0. The van der Waals surface area contributed by atoms with Crippen LogP contribution in [0.3, 0.4) is 0 Å². The molecule has 0 radical (unpaired) electrons. The largest absolute Gasteiger partial charge is 0.444 e. The highest BCUT2D eigenvalue weighted by Crippen LogP contribution is 2.45. The Morgan fingerprint density at radius 2 is 1.84 bits per heavy atom. The molecule has 3 fully saturated rings. The lowest BCUT2D eigenvalue weighted by atomic mass is 10.1. The molecular formula is C34H44FN5O10S. The van der Waals surface area contributed by atoms with E-state index in [-0.39, 0.29) is 51.1 Å². The van der Waals surface area contributed by atoms with Crippen LogP contribution in [0.5, 0.6) is 0 Å². The molecule has 0 bridgehead atoms. The molecule has 2 aliphatic heterocycles. The Kier molecular flexibility index (Phi) is 10.5. The first-order valence-electron chi connectivity index (χ1n) is 16.9. The van der Waals surface area contributed by atoms with E-state index < -0.39 is 86.2 Å². The molecule has 278 valence electrons. The molecule has 2 saturated carbocycles. The van der Waals surface area contributed by atoms with E-state index in [1.807, 2.05) is 0 Å². The summed E-state index contributed by atoms with van der Waals surface area (Å²) in [7, 11) is -3.96. The molecule has 3 N–H and O–H groups in total. The van der Waals surface area contributed by atoms with Crippen molar-refractivity contribution in [2.75, 3.05) is 6.54 Å². The number of alkyl carbamates (subject to hydrolysis) is 1. The second-order valence-corrected chi connectivity index (χ2v) is 16.6. The number of nitrogens with zero attached hydrogens (tertiary/aromatic N) is 2. The summed E-state index contributed by atoms with van der Waals surface area (Å²) in [5, 5.41) is 4.44. The molecule has 5 rings (SSSR count). The van der Waals surface area contributed by atoms with E-state index in [2.05, 4.69) is 21.9 Å². The van der Waals surface area contributed by atoms with Gasteiger partial charge in [-0.1, -0.05) is 18.2 Å². The number of ketones is 1. The van der Waals surface area contributed by atoms with E-state index in [0.29, 0.717) is 24.0 Å². The maximum atomic E-state index is 14.4. The molecule has 4 aliphatic rings. The van der Waals surface area contributed by atoms with Gasteiger partial charge in [0.25, 0.3) is 5.91 Å². The van der Waals surface area contributed by atoms with Crippen LogP contribution >= 0.6 is 0 Å². The van der Waals surface area contributed by atoms with Gasteiger partial charge < -0.3 is 29.8 Å². The van der Waals surface area contributed by atoms with Crippen LogP contribution in [0.15, 0.2) is 30.9 Å². The predicted molar refractivity (Wildman–Crippen MR) is 178 cm³/mol. The van der Waals surface area contributed by atoms with Crippen molar-refractivity contribution in [1.29, 1.82) is 0 Å². The standard InChI is InChI=1S/C34H44FN5O10S/c1-6-21-15-34(21,30(44)38-51(47,48)23-11-12-23)37-28(42)27-14-22(49-32(46)39-16-20-8-7-9-25(35)24(20)18-39)17-40(27)29(43)26(13-10-19(2)41)36-31(45)50-33(3,4)5/h6-9,21-23,26-27H,1,10-18H2,2-5H3,(H,36,45)(H,37,42)(H,38,44)/t21-,22-,26+,27+,34-/m1/s1. The number of hydrogen-bond donors (Lipinski definition) is 3. The number of halogens is 1. The van der Waals surface area contributed by atoms with Crippen LogP contribution in [0.2, 0.25) is 0 Å². The molecule has 0 unspecified atom stereocenters. The van der Waals surface area contributed by atoms with Gasteiger partial charge in [0.05, 0.1) is 18.3 Å². The Morgan fingerprint density at radius 3 is 2.43 bits per heavy atom. The SMILES string of the molecule is C=C[C@@H]1C[C@]1(NC(=O)[C@@H]1C[C@@H](OC(=O)N2Cc3cccc(F)c3C2)CN1C(=O)[C@H](CCC(C)=O)NC(=O)OC(C)(C)C)C(=O)NS(=O)(=O)C1CC1. The number of carbonyl (C=O) groups is 6. The average Bonchev–Trinajstić information content (AvgIpc) is 3.92. The minimum absolute atomic E-state index is 0.0443. The third kappa shape index (κ3) is 8.68. The van der Waals surface area contributed by atoms with E-state index in [4.69, 9.17) is 9.47 Å². The van der Waals surface area contributed by atoms with Gasteiger partial charge in [0, 0.05) is 30.9 Å². The number of carbonyl (C=O) groups excluding carboxylic acids is 6. The summed E-state index contributed by atoms with van der Waals surface area (Å²) in [6, 6.07) is 1.84. The number of amides is 5. The number of benzene rings is 1. The molecule has 0 spiro atoms. The van der Waals surface area contributed by atoms with Gasteiger partial charge in [-0.2, -0.15) is 0 Å². The number of nitrogens with one attached hydrogen (secondary N) is 3. The zero-order valence-corrected chi connectivity index (χ0v) is 29.8. The Labute approximate surface area is 295 Å². The van der Waals surface area contributed by atoms with Crippen molar-refractivity contribution in [1.82, 2.24) is 25.2 Å². The van der Waals surface area contributed by atoms with Crippen molar-refractivity contribution < 1.29 is 51.0 Å². The topological polar surface area (TPSA) is 198 Å². The van der Waals surface area contributed by atoms with E-state index in [9.17, 15) is 41.6 Å². The molecule has 1 saturated heterocycles. The van der Waals surface area contributed by atoms with Crippen LogP contribution in [0.25, 0.3) is 0 Å². The van der Waals surface area contributed by atoms with Gasteiger partial charge in [0.15, 0.2) is 0 Å². The van der Waals surface area contributed by atoms with Crippen molar-refractivity contribution in [3.8, 4) is 0 Å². The van der Waals surface area contributed by atoms with Gasteiger partial charge >= 0.3 is 12.2 Å². The van der Waals surface area contributed by atoms with Crippen molar-refractivity contribution in [3.63, 3.8) is 0 Å². The van der Waals surface area contributed by atoms with Crippen molar-refractivity contribution in [2.24, 2.45) is 5.92 Å². The molecule has 2 heterocycles. The van der Waals surface area contributed by atoms with E-state index in [0.717, 1.165) is 4.90 Å². The third-order valence-corrected chi connectivity index (χ3v) is 11.1. The minimum Gasteiger partial charge on any atom is -0.444 e. The second-order valence-electron chi connectivity index (χ2n) is 14.6. The fraction of sp³-hybridized carbons (Fsp3) is 0.588. The summed E-state index contributed by atoms with van der Waals surface area (Å²) < 4.78 is 52.7. The lowest BCUT2D eigenvalue weighted by Gasteiger charge is -2.30. The Bertz CT molecular complexity index is 1740. The first kappa shape index (κ1) is 37.7. The molecule has 15 nitrogen and oxygen atoms in total. The van der Waals surface area contributed by atoms with Crippen LogP contribution < -0.4 is 15.4 Å². The lowest BCUT2D eigenvalue weighted by Crippen LogP contribution is -2.58. The summed E-state index contributed by atoms with van der Waals surface area (Å²) in [5.41, 5.74) is -1.61. The average molecular weight is 734 g/mol. The maximum Gasteiger partial charge on any atom is 0.410 e. The van der Waals surface area contributed by atoms with Crippen LogP contribution in [-0.4, -0.2) is 95.0 Å². The monoisotopic (exact) mass is 733 g/mol. The number of ether oxygens (including phenoxy) is 2. The molecule has 5 amide bonds. The summed E-state index contributed by atoms with van der Waals surface area (Å²) in [6.45, 7) is 9.64. The van der Waals surface area contributed by atoms with Crippen LogP contribution in [-0.2, 0) is 51.8 Å². The maximum absolute atomic E-state index is 14.4. The Balaban J connectivity index is 1.37. The summed E-state index contributed by atoms with van der Waals surface area (Å²) in [6.07, 6.45) is -0.945. The van der Waals surface area contributed by atoms with Crippen molar-refractivity contribution >= 4 is 45.7 Å². The number of rotatable bonds is 12. The highest BCUT2D eigenvalue weighted by atomic mass is 32.2. The normalized spacial score (nSPS) is 24.5. The van der Waals surface area contributed by atoms with Crippen LogP contribution in [0, 0.1) is 11.7 Å². The van der Waals surface area contributed by atoms with E-state index in [1.54, 1.807) is 26.8 Å². The van der Waals surface area contributed by atoms with Gasteiger partial charge in [-0.25, -0.2) is 22.4 Å². The number of likely N-dealkylation sites (tertiary alicyclic amines) is 1. The number of Topliss-reactive ketones (excluding diaryl/α,β-unsaturated/α-hetero) is 1. The van der Waals surface area contributed by atoms with Gasteiger partial charge in [0.1, 0.15) is 40.9 Å². The van der Waals surface area contributed by atoms with E-state index >= 15 is 0 Å². The van der Waals surface area contributed by atoms with Gasteiger partial charge in [-0.15, -0.1) is 6.58 Å². The molecule has 5 atom stereocenters. The Hall–Kier alpha value is -4.54. The summed E-state index contributed by atoms with van der Waals surface area (Å²) in [4.78, 5) is 81.9. The molecule has 51 heavy (non-hydrogen) atoms. The number of sulfonamides is 1. The van der Waals surface area contributed by atoms with Crippen LogP contribution in [0.4, 0.5) is 14.0 Å². The molecular weight excluding hydrogens is 689 g/mol. The number of fused-ring (bicyclic) bond motifs is 1. The second kappa shape index (κ2) is 14.2.